The molecule has 0 aliphatic rings. The van der Waals surface area contributed by atoms with Crippen LogP contribution in [0.15, 0.2) is 36.7 Å². The van der Waals surface area contributed by atoms with Gasteiger partial charge in [0.25, 0.3) is 0 Å². The van der Waals surface area contributed by atoms with Gasteiger partial charge in [-0.25, -0.2) is 0 Å². The molecule has 7 heteroatoms. The van der Waals surface area contributed by atoms with Crippen LogP contribution in [-0.4, -0.2) is 28.6 Å². The highest BCUT2D eigenvalue weighted by atomic mass is 31.2. The molecule has 0 amide bonds. The largest absolute Gasteiger partial charge is 0.507 e. The summed E-state index contributed by atoms with van der Waals surface area (Å²) in [6, 6.07) is 7.69. The summed E-state index contributed by atoms with van der Waals surface area (Å²) in [5.74, 6) is 0.296. The minimum atomic E-state index is -3.51. The minimum absolute atomic E-state index is 0.0208. The number of phenolic OH excluding ortho intramolecular Hbond substituents is 1. The molecule has 2 rings (SSSR count). The molecule has 0 atom stereocenters. The molecule has 0 saturated heterocycles. The molecule has 1 aromatic heterocycles. The van der Waals surface area contributed by atoms with E-state index >= 15 is 0 Å². The van der Waals surface area contributed by atoms with Crippen LogP contribution in [0.3, 0.4) is 0 Å². The number of hydrogen-bond donors (Lipinski definition) is 1. The van der Waals surface area contributed by atoms with Gasteiger partial charge in [0, 0.05) is 23.0 Å². The minimum Gasteiger partial charge on any atom is -0.507 e. The highest BCUT2D eigenvalue weighted by Gasteiger charge is 2.34. The zero-order chi connectivity index (χ0) is 25.2. The van der Waals surface area contributed by atoms with Gasteiger partial charge in [-0.1, -0.05) is 41.5 Å². The van der Waals surface area contributed by atoms with E-state index in [0.717, 1.165) is 22.5 Å². The number of hydrogen-bond acceptors (Lipinski definition) is 6. The maximum absolute atomic E-state index is 13.9. The summed E-state index contributed by atoms with van der Waals surface area (Å²) in [5, 5.41) is 11.2. The Morgan fingerprint density at radius 3 is 1.79 bits per heavy atom. The van der Waals surface area contributed by atoms with E-state index in [2.05, 4.69) is 46.5 Å². The van der Waals surface area contributed by atoms with Crippen molar-refractivity contribution in [1.29, 1.82) is 0 Å². The van der Waals surface area contributed by atoms with Gasteiger partial charge in [0.15, 0.2) is 0 Å². The van der Waals surface area contributed by atoms with Crippen molar-refractivity contribution in [3.05, 3.63) is 47.8 Å². The first kappa shape index (κ1) is 27.4. The molecule has 6 nitrogen and oxygen atoms in total. The molecular weight excluding hydrogens is 435 g/mol. The summed E-state index contributed by atoms with van der Waals surface area (Å²) in [5.41, 5.74) is 2.62. The van der Waals surface area contributed by atoms with Crippen LogP contribution in [0.4, 0.5) is 11.4 Å². The van der Waals surface area contributed by atoms with Crippen LogP contribution in [0.1, 0.15) is 80.4 Å². The summed E-state index contributed by atoms with van der Waals surface area (Å²) in [6.07, 6.45) is 2.93. The van der Waals surface area contributed by atoms with Gasteiger partial charge in [0.2, 0.25) is 0 Å². The van der Waals surface area contributed by atoms with Gasteiger partial charge in [-0.3, -0.25) is 9.55 Å². The van der Waals surface area contributed by atoms with Crippen LogP contribution in [0.5, 0.6) is 5.75 Å². The summed E-state index contributed by atoms with van der Waals surface area (Å²) in [4.78, 5) is 6.20. The van der Waals surface area contributed by atoms with Gasteiger partial charge in [-0.05, 0) is 62.8 Å². The third-order valence-electron chi connectivity index (χ3n) is 5.04. The van der Waals surface area contributed by atoms with E-state index in [0.29, 0.717) is 5.75 Å². The molecule has 0 unspecified atom stereocenters. The third kappa shape index (κ3) is 7.30. The maximum Gasteiger partial charge on any atom is 0.350 e. The van der Waals surface area contributed by atoms with Crippen molar-refractivity contribution in [1.82, 2.24) is 4.98 Å². The number of aromatic hydroxyl groups is 1. The molecule has 184 valence electrons. The van der Waals surface area contributed by atoms with Crippen LogP contribution in [-0.2, 0) is 24.4 Å². The van der Waals surface area contributed by atoms with E-state index < -0.39 is 7.60 Å². The number of nitrogens with zero attached hydrogens (tertiary/aromatic N) is 2. The fourth-order valence-electron chi connectivity index (χ4n) is 3.65. The predicted molar refractivity (Wildman–Crippen MR) is 137 cm³/mol. The van der Waals surface area contributed by atoms with E-state index in [1.165, 1.54) is 0 Å². The second kappa shape index (κ2) is 10.2. The molecule has 0 aliphatic heterocycles. The molecule has 0 fully saturated rings. The van der Waals surface area contributed by atoms with E-state index in [9.17, 15) is 9.67 Å². The van der Waals surface area contributed by atoms with Crippen LogP contribution in [0.25, 0.3) is 0 Å². The molecule has 0 aliphatic carbocycles. The lowest BCUT2D eigenvalue weighted by molar-refractivity contribution is 0.143. The SMILES string of the molecule is CC(C)OP(=O)(CN(c1cccnc1)c1cc(C(C)(C)C)c(O)c(C(C)(C)C)c1)OC(C)C. The number of phenols is 1. The molecule has 0 radical (unpaired) electrons. The highest BCUT2D eigenvalue weighted by Crippen LogP contribution is 2.53. The van der Waals surface area contributed by atoms with Crippen molar-refractivity contribution in [3.8, 4) is 5.75 Å². The second-order valence-electron chi connectivity index (χ2n) is 11.1. The van der Waals surface area contributed by atoms with Gasteiger partial charge in [0.05, 0.1) is 24.1 Å². The predicted octanol–water partition coefficient (Wildman–Crippen LogP) is 7.52. The van der Waals surface area contributed by atoms with Gasteiger partial charge >= 0.3 is 7.60 Å². The third-order valence-corrected chi connectivity index (χ3v) is 7.15. The van der Waals surface area contributed by atoms with E-state index in [1.54, 1.807) is 12.4 Å². The Labute approximate surface area is 199 Å². The molecule has 1 N–H and O–H groups in total. The Morgan fingerprint density at radius 1 is 0.939 bits per heavy atom. The number of anilines is 2. The molecule has 0 bridgehead atoms. The van der Waals surface area contributed by atoms with E-state index in [4.69, 9.17) is 9.05 Å². The van der Waals surface area contributed by atoms with Crippen LogP contribution >= 0.6 is 7.60 Å². The average Bonchev–Trinajstić information content (AvgIpc) is 2.64. The summed E-state index contributed by atoms with van der Waals surface area (Å²) in [6.45, 7) is 19.8. The fourth-order valence-corrected chi connectivity index (χ4v) is 5.79. The number of benzene rings is 1. The first-order valence-corrected chi connectivity index (χ1v) is 13.3. The smallest absolute Gasteiger partial charge is 0.350 e. The van der Waals surface area contributed by atoms with Crippen LogP contribution in [0, 0.1) is 0 Å². The van der Waals surface area contributed by atoms with Crippen molar-refractivity contribution in [2.75, 3.05) is 11.2 Å². The van der Waals surface area contributed by atoms with Crippen molar-refractivity contribution in [3.63, 3.8) is 0 Å². The van der Waals surface area contributed by atoms with Gasteiger partial charge in [-0.2, -0.15) is 0 Å². The van der Waals surface area contributed by atoms with Crippen LogP contribution in [0.2, 0.25) is 0 Å². The highest BCUT2D eigenvalue weighted by molar-refractivity contribution is 7.54. The Hall–Kier alpha value is -1.88. The normalized spacial score (nSPS) is 13.1. The lowest BCUT2D eigenvalue weighted by Crippen LogP contribution is -2.25. The molecule has 0 saturated carbocycles. The molecular formula is C26H41N2O4P. The topological polar surface area (TPSA) is 71.9 Å². The molecule has 1 aromatic carbocycles. The Kier molecular flexibility index (Phi) is 8.43. The lowest BCUT2D eigenvalue weighted by Gasteiger charge is -2.34. The van der Waals surface area contributed by atoms with Gasteiger partial charge in [0.1, 0.15) is 12.0 Å². The summed E-state index contributed by atoms with van der Waals surface area (Å²) < 4.78 is 25.6. The molecule has 0 spiro atoms. The quantitative estimate of drug-likeness (QED) is 0.397. The lowest BCUT2D eigenvalue weighted by atomic mass is 9.79. The molecule has 2 aromatic rings. The first-order chi connectivity index (χ1) is 15.0. The Balaban J connectivity index is 2.77. The number of aromatic nitrogens is 1. The van der Waals surface area contributed by atoms with E-state index in [1.807, 2.05) is 56.9 Å². The fraction of sp³-hybridized carbons (Fsp3) is 0.577. The number of pyridine rings is 1. The summed E-state index contributed by atoms with van der Waals surface area (Å²) in [7, 11) is -3.51. The van der Waals surface area contributed by atoms with Crippen molar-refractivity contribution >= 4 is 19.0 Å². The van der Waals surface area contributed by atoms with Crippen LogP contribution < -0.4 is 4.90 Å². The van der Waals surface area contributed by atoms with Gasteiger partial charge in [-0.15, -0.1) is 0 Å². The second-order valence-corrected chi connectivity index (χ2v) is 13.0. The average molecular weight is 477 g/mol. The monoisotopic (exact) mass is 476 g/mol. The zero-order valence-electron chi connectivity index (χ0n) is 21.8. The molecule has 33 heavy (non-hydrogen) atoms. The molecule has 1 heterocycles. The first-order valence-electron chi connectivity index (χ1n) is 11.5. The number of rotatable bonds is 8. The zero-order valence-corrected chi connectivity index (χ0v) is 22.7. The Morgan fingerprint density at radius 2 is 1.42 bits per heavy atom. The van der Waals surface area contributed by atoms with Crippen molar-refractivity contribution < 1.29 is 18.7 Å². The summed E-state index contributed by atoms with van der Waals surface area (Å²) >= 11 is 0. The maximum atomic E-state index is 13.9. The van der Waals surface area contributed by atoms with Crippen molar-refractivity contribution in [2.24, 2.45) is 0 Å². The standard InChI is InChI=1S/C26H41N2O4P/c1-18(2)31-33(30,32-19(3)4)17-28(20-12-11-13-27-16-20)21-14-22(25(5,6)7)24(29)23(15-21)26(8,9)10/h11-16,18-19,29H,17H2,1-10H3. The van der Waals surface area contributed by atoms with Gasteiger partial charge < -0.3 is 19.1 Å². The van der Waals surface area contributed by atoms with Crippen molar-refractivity contribution in [2.45, 2.75) is 92.3 Å². The van der Waals surface area contributed by atoms with E-state index in [-0.39, 0.29) is 29.3 Å². The Bertz CT molecular complexity index is 927.